The van der Waals surface area contributed by atoms with Gasteiger partial charge in [-0.2, -0.15) is 0 Å². The van der Waals surface area contributed by atoms with Crippen molar-refractivity contribution in [1.82, 2.24) is 5.32 Å². The van der Waals surface area contributed by atoms with Crippen molar-refractivity contribution in [2.75, 3.05) is 6.54 Å². The second kappa shape index (κ2) is 3.16. The SMILES string of the molecule is CC(O)(CNC1CC1)c1ccco1. The lowest BCUT2D eigenvalue weighted by molar-refractivity contribution is 0.0340. The molecule has 2 rings (SSSR count). The molecule has 0 saturated heterocycles. The minimum Gasteiger partial charge on any atom is -0.466 e. The standard InChI is InChI=1S/C10H15NO2/c1-10(12,7-11-8-4-5-8)9-3-2-6-13-9/h2-3,6,8,11-12H,4-5,7H2,1H3. The maximum absolute atomic E-state index is 10.00. The van der Waals surface area contributed by atoms with Gasteiger partial charge in [-0.05, 0) is 31.9 Å². The Balaban J connectivity index is 1.93. The Kier molecular flexibility index (Phi) is 2.14. The molecule has 1 aliphatic rings. The molecule has 3 nitrogen and oxygen atoms in total. The van der Waals surface area contributed by atoms with Gasteiger partial charge in [0.1, 0.15) is 11.4 Å². The topological polar surface area (TPSA) is 45.4 Å². The summed E-state index contributed by atoms with van der Waals surface area (Å²) in [5.41, 5.74) is -0.883. The molecule has 1 aromatic heterocycles. The predicted molar refractivity (Wildman–Crippen MR) is 49.3 cm³/mol. The van der Waals surface area contributed by atoms with Crippen LogP contribution in [0.5, 0.6) is 0 Å². The summed E-state index contributed by atoms with van der Waals surface area (Å²) in [6.45, 7) is 2.33. The second-order valence-corrected chi connectivity index (χ2v) is 3.91. The van der Waals surface area contributed by atoms with Gasteiger partial charge in [0.25, 0.3) is 0 Å². The Hall–Kier alpha value is -0.800. The Morgan fingerprint density at radius 2 is 2.46 bits per heavy atom. The van der Waals surface area contributed by atoms with E-state index >= 15 is 0 Å². The third-order valence-corrected chi connectivity index (χ3v) is 2.36. The van der Waals surface area contributed by atoms with Crippen molar-refractivity contribution in [3.63, 3.8) is 0 Å². The van der Waals surface area contributed by atoms with Gasteiger partial charge in [-0.1, -0.05) is 0 Å². The predicted octanol–water partition coefficient (Wildman–Crippen LogP) is 1.24. The van der Waals surface area contributed by atoms with Gasteiger partial charge in [0.2, 0.25) is 0 Å². The van der Waals surface area contributed by atoms with Crippen molar-refractivity contribution < 1.29 is 9.52 Å². The summed E-state index contributed by atoms with van der Waals surface area (Å²) in [7, 11) is 0. The molecule has 0 aliphatic heterocycles. The lowest BCUT2D eigenvalue weighted by Gasteiger charge is -2.20. The Labute approximate surface area is 77.8 Å². The summed E-state index contributed by atoms with van der Waals surface area (Å²) in [5, 5.41) is 13.3. The largest absolute Gasteiger partial charge is 0.466 e. The molecule has 1 heterocycles. The van der Waals surface area contributed by atoms with Crippen molar-refractivity contribution >= 4 is 0 Å². The molecule has 2 N–H and O–H groups in total. The van der Waals surface area contributed by atoms with Gasteiger partial charge in [0.15, 0.2) is 0 Å². The van der Waals surface area contributed by atoms with Crippen LogP contribution in [0.15, 0.2) is 22.8 Å². The Morgan fingerprint density at radius 1 is 1.69 bits per heavy atom. The first kappa shape index (κ1) is 8.78. The van der Waals surface area contributed by atoms with E-state index in [1.54, 1.807) is 25.3 Å². The van der Waals surface area contributed by atoms with E-state index in [4.69, 9.17) is 4.42 Å². The number of aliphatic hydroxyl groups is 1. The molecule has 13 heavy (non-hydrogen) atoms. The zero-order valence-electron chi connectivity index (χ0n) is 7.79. The Bertz CT molecular complexity index is 262. The molecule has 1 unspecified atom stereocenters. The van der Waals surface area contributed by atoms with Gasteiger partial charge >= 0.3 is 0 Å². The molecular weight excluding hydrogens is 166 g/mol. The molecule has 3 heteroatoms. The lowest BCUT2D eigenvalue weighted by atomic mass is 10.0. The molecule has 1 saturated carbocycles. The van der Waals surface area contributed by atoms with Crippen molar-refractivity contribution in [3.05, 3.63) is 24.2 Å². The highest BCUT2D eigenvalue weighted by molar-refractivity contribution is 5.08. The maximum atomic E-state index is 10.00. The minimum atomic E-state index is -0.883. The molecule has 0 radical (unpaired) electrons. The maximum Gasteiger partial charge on any atom is 0.136 e. The van der Waals surface area contributed by atoms with Gasteiger partial charge in [0.05, 0.1) is 6.26 Å². The number of nitrogens with one attached hydrogen (secondary N) is 1. The highest BCUT2D eigenvalue weighted by atomic mass is 16.4. The highest BCUT2D eigenvalue weighted by Crippen LogP contribution is 2.23. The van der Waals surface area contributed by atoms with Gasteiger partial charge in [-0.3, -0.25) is 0 Å². The molecule has 0 amide bonds. The smallest absolute Gasteiger partial charge is 0.136 e. The summed E-state index contributed by atoms with van der Waals surface area (Å²) >= 11 is 0. The molecule has 1 aromatic rings. The average Bonchev–Trinajstić information content (AvgIpc) is 2.74. The van der Waals surface area contributed by atoms with Crippen LogP contribution >= 0.6 is 0 Å². The minimum absolute atomic E-state index is 0.561. The van der Waals surface area contributed by atoms with E-state index in [1.807, 2.05) is 0 Å². The van der Waals surface area contributed by atoms with E-state index in [2.05, 4.69) is 5.32 Å². The zero-order chi connectivity index (χ0) is 9.31. The van der Waals surface area contributed by atoms with Crippen LogP contribution < -0.4 is 5.32 Å². The average molecular weight is 181 g/mol. The number of furan rings is 1. The first-order chi connectivity index (χ1) is 6.18. The first-order valence-corrected chi connectivity index (χ1v) is 4.68. The molecule has 1 aliphatic carbocycles. The fourth-order valence-corrected chi connectivity index (χ4v) is 1.30. The zero-order valence-corrected chi connectivity index (χ0v) is 7.79. The fraction of sp³-hybridized carbons (Fsp3) is 0.600. The van der Waals surface area contributed by atoms with Gasteiger partial charge in [0, 0.05) is 12.6 Å². The summed E-state index contributed by atoms with van der Waals surface area (Å²) < 4.78 is 5.16. The van der Waals surface area contributed by atoms with E-state index in [0.29, 0.717) is 18.3 Å². The van der Waals surface area contributed by atoms with E-state index in [0.717, 1.165) is 0 Å². The van der Waals surface area contributed by atoms with Gasteiger partial charge < -0.3 is 14.8 Å². The first-order valence-electron chi connectivity index (χ1n) is 4.68. The summed E-state index contributed by atoms with van der Waals surface area (Å²) in [5.74, 6) is 0.626. The van der Waals surface area contributed by atoms with Crippen molar-refractivity contribution in [1.29, 1.82) is 0 Å². The third-order valence-electron chi connectivity index (χ3n) is 2.36. The summed E-state index contributed by atoms with van der Waals surface area (Å²) in [6, 6.07) is 4.21. The quantitative estimate of drug-likeness (QED) is 0.734. The van der Waals surface area contributed by atoms with Gasteiger partial charge in [-0.15, -0.1) is 0 Å². The molecular formula is C10H15NO2. The fourth-order valence-electron chi connectivity index (χ4n) is 1.30. The van der Waals surface area contributed by atoms with Crippen LogP contribution in [0, 0.1) is 0 Å². The number of hydrogen-bond acceptors (Lipinski definition) is 3. The van der Waals surface area contributed by atoms with Crippen molar-refractivity contribution in [3.8, 4) is 0 Å². The molecule has 0 spiro atoms. The summed E-state index contributed by atoms with van der Waals surface area (Å²) in [6.07, 6.45) is 4.05. The van der Waals surface area contributed by atoms with Crippen LogP contribution in [0.2, 0.25) is 0 Å². The monoisotopic (exact) mass is 181 g/mol. The number of rotatable bonds is 4. The van der Waals surface area contributed by atoms with Crippen molar-refractivity contribution in [2.45, 2.75) is 31.4 Å². The van der Waals surface area contributed by atoms with E-state index in [1.165, 1.54) is 12.8 Å². The summed E-state index contributed by atoms with van der Waals surface area (Å²) in [4.78, 5) is 0. The second-order valence-electron chi connectivity index (χ2n) is 3.91. The molecule has 1 atom stereocenters. The van der Waals surface area contributed by atoms with E-state index in [-0.39, 0.29) is 0 Å². The van der Waals surface area contributed by atoms with Crippen molar-refractivity contribution in [2.24, 2.45) is 0 Å². The highest BCUT2D eigenvalue weighted by Gasteiger charge is 2.29. The van der Waals surface area contributed by atoms with E-state index in [9.17, 15) is 5.11 Å². The molecule has 0 aromatic carbocycles. The third kappa shape index (κ3) is 2.11. The lowest BCUT2D eigenvalue weighted by Crippen LogP contribution is -2.36. The van der Waals surface area contributed by atoms with Crippen LogP contribution in [0.3, 0.4) is 0 Å². The molecule has 1 fully saturated rings. The van der Waals surface area contributed by atoms with Crippen LogP contribution in [0.4, 0.5) is 0 Å². The van der Waals surface area contributed by atoms with Crippen LogP contribution in [-0.2, 0) is 5.60 Å². The normalized spacial score (nSPS) is 21.4. The molecule has 0 bridgehead atoms. The van der Waals surface area contributed by atoms with Crippen LogP contribution in [-0.4, -0.2) is 17.7 Å². The van der Waals surface area contributed by atoms with Crippen LogP contribution in [0.25, 0.3) is 0 Å². The number of hydrogen-bond donors (Lipinski definition) is 2. The van der Waals surface area contributed by atoms with E-state index < -0.39 is 5.60 Å². The molecule has 72 valence electrons. The van der Waals surface area contributed by atoms with Crippen LogP contribution in [0.1, 0.15) is 25.5 Å². The van der Waals surface area contributed by atoms with Gasteiger partial charge in [-0.25, -0.2) is 0 Å². The Morgan fingerprint density at radius 3 is 3.00 bits per heavy atom.